The normalized spacial score (nSPS) is 15.8. The van der Waals surface area contributed by atoms with Crippen LogP contribution in [0.4, 0.5) is 30.4 Å². The second kappa shape index (κ2) is 8.98. The van der Waals surface area contributed by atoms with E-state index < -0.39 is 23.5 Å². The summed E-state index contributed by atoms with van der Waals surface area (Å²) in [7, 11) is 0. The monoisotopic (exact) mass is 492 g/mol. The van der Waals surface area contributed by atoms with E-state index in [9.17, 15) is 28.3 Å². The van der Waals surface area contributed by atoms with Crippen molar-refractivity contribution in [2.75, 3.05) is 23.3 Å². The topological polar surface area (TPSA) is 107 Å². The number of anilines is 3. The van der Waals surface area contributed by atoms with Gasteiger partial charge in [0.2, 0.25) is 0 Å². The number of halogens is 3. The van der Waals surface area contributed by atoms with Crippen LogP contribution in [0.1, 0.15) is 17.7 Å². The number of aromatic nitrogens is 3. The minimum atomic E-state index is -4.73. The first kappa shape index (κ1) is 23.3. The van der Waals surface area contributed by atoms with E-state index in [2.05, 4.69) is 15.3 Å². The highest BCUT2D eigenvalue weighted by Crippen LogP contribution is 2.34. The number of nitriles is 1. The van der Waals surface area contributed by atoms with Gasteiger partial charge in [0.15, 0.2) is 0 Å². The number of aliphatic hydroxyl groups is 1. The molecule has 1 unspecified atom stereocenters. The molecule has 0 amide bonds. The molecule has 5 rings (SSSR count). The van der Waals surface area contributed by atoms with Gasteiger partial charge < -0.3 is 15.3 Å². The number of alkyl halides is 3. The predicted octanol–water partition coefficient (Wildman–Crippen LogP) is 3.99. The van der Waals surface area contributed by atoms with E-state index in [1.165, 1.54) is 12.3 Å². The van der Waals surface area contributed by atoms with Gasteiger partial charge in [-0.05, 0) is 36.8 Å². The van der Waals surface area contributed by atoms with E-state index in [1.54, 1.807) is 42.5 Å². The van der Waals surface area contributed by atoms with Crippen LogP contribution < -0.4 is 15.8 Å². The molecule has 8 nitrogen and oxygen atoms in total. The van der Waals surface area contributed by atoms with Crippen molar-refractivity contribution in [3.8, 4) is 11.8 Å². The summed E-state index contributed by atoms with van der Waals surface area (Å²) in [6.07, 6.45) is -3.06. The molecule has 4 heterocycles. The number of hydrogen-bond acceptors (Lipinski definition) is 7. The highest BCUT2D eigenvalue weighted by molar-refractivity contribution is 5.95. The van der Waals surface area contributed by atoms with Crippen LogP contribution in [-0.2, 0) is 6.18 Å². The molecule has 4 aromatic rings. The van der Waals surface area contributed by atoms with E-state index >= 15 is 0 Å². The van der Waals surface area contributed by atoms with Gasteiger partial charge >= 0.3 is 6.18 Å². The standard InChI is InChI=1S/C25H19F3N6O2/c26-25(27,28)20-7-6-18-22(31-15-8-10-30-21(12-15)33-11-9-17(35)14-33)19(13-29)24(36)34(23(18)32-20)16-4-2-1-3-5-16/h1-8,10,12,17,35H,9,11,14H2,(H,30,31). The number of para-hydroxylation sites is 1. The molecule has 0 saturated carbocycles. The van der Waals surface area contributed by atoms with E-state index in [-0.39, 0.29) is 28.0 Å². The Bertz CT molecular complexity index is 1550. The lowest BCUT2D eigenvalue weighted by atomic mass is 10.1. The SMILES string of the molecule is N#Cc1c(Nc2ccnc(N3CCC(O)C3)c2)c2ccc(C(F)(F)F)nc2n(-c2ccccc2)c1=O. The zero-order chi connectivity index (χ0) is 25.4. The minimum absolute atomic E-state index is 0.0458. The largest absolute Gasteiger partial charge is 0.433 e. The molecule has 3 aromatic heterocycles. The van der Waals surface area contributed by atoms with E-state index in [1.807, 2.05) is 11.0 Å². The van der Waals surface area contributed by atoms with Crippen LogP contribution in [0.25, 0.3) is 16.7 Å². The molecule has 1 aliphatic rings. The first-order chi connectivity index (χ1) is 17.3. The molecule has 2 N–H and O–H groups in total. The summed E-state index contributed by atoms with van der Waals surface area (Å²) in [5.41, 5.74) is -1.68. The van der Waals surface area contributed by atoms with Crippen molar-refractivity contribution in [2.45, 2.75) is 18.7 Å². The maximum Gasteiger partial charge on any atom is 0.433 e. The molecule has 1 fully saturated rings. The zero-order valence-electron chi connectivity index (χ0n) is 18.7. The van der Waals surface area contributed by atoms with Gasteiger partial charge in [0.1, 0.15) is 28.8 Å². The van der Waals surface area contributed by atoms with Crippen molar-refractivity contribution in [2.24, 2.45) is 0 Å². The lowest BCUT2D eigenvalue weighted by Crippen LogP contribution is -2.25. The van der Waals surface area contributed by atoms with Crippen molar-refractivity contribution in [3.05, 3.63) is 82.4 Å². The number of fused-ring (bicyclic) bond motifs is 1. The average molecular weight is 492 g/mol. The van der Waals surface area contributed by atoms with Crippen molar-refractivity contribution in [3.63, 3.8) is 0 Å². The third-order valence-corrected chi connectivity index (χ3v) is 5.94. The summed E-state index contributed by atoms with van der Waals surface area (Å²) in [5, 5.41) is 22.9. The third kappa shape index (κ3) is 4.23. The summed E-state index contributed by atoms with van der Waals surface area (Å²) < 4.78 is 41.6. The molecule has 0 radical (unpaired) electrons. The van der Waals surface area contributed by atoms with Crippen molar-refractivity contribution in [1.29, 1.82) is 5.26 Å². The Morgan fingerprint density at radius 3 is 2.58 bits per heavy atom. The summed E-state index contributed by atoms with van der Waals surface area (Å²) in [5.74, 6) is 0.578. The number of pyridine rings is 3. The maximum absolute atomic E-state index is 13.5. The molecule has 1 aromatic carbocycles. The van der Waals surface area contributed by atoms with Gasteiger partial charge in [-0.3, -0.25) is 9.36 Å². The van der Waals surface area contributed by atoms with E-state index in [4.69, 9.17) is 0 Å². The van der Waals surface area contributed by atoms with E-state index in [0.717, 1.165) is 10.6 Å². The summed E-state index contributed by atoms with van der Waals surface area (Å²) >= 11 is 0. The van der Waals surface area contributed by atoms with Crippen LogP contribution in [0.15, 0.2) is 65.6 Å². The van der Waals surface area contributed by atoms with E-state index in [0.29, 0.717) is 31.0 Å². The van der Waals surface area contributed by atoms with Crippen LogP contribution in [0.2, 0.25) is 0 Å². The Hall–Kier alpha value is -4.43. The number of β-amino-alcohol motifs (C(OH)–C–C–N with tert-alkyl or cyclic N) is 1. The lowest BCUT2D eigenvalue weighted by molar-refractivity contribution is -0.141. The highest BCUT2D eigenvalue weighted by Gasteiger charge is 2.33. The molecule has 1 saturated heterocycles. The number of nitrogens with one attached hydrogen (secondary N) is 1. The number of rotatable bonds is 4. The Morgan fingerprint density at radius 2 is 1.92 bits per heavy atom. The summed E-state index contributed by atoms with van der Waals surface area (Å²) in [4.78, 5) is 23.4. The van der Waals surface area contributed by atoms with Gasteiger partial charge in [-0.15, -0.1) is 0 Å². The maximum atomic E-state index is 13.5. The molecular weight excluding hydrogens is 473 g/mol. The van der Waals surface area contributed by atoms with Gasteiger partial charge in [-0.1, -0.05) is 18.2 Å². The lowest BCUT2D eigenvalue weighted by Gasteiger charge is -2.19. The van der Waals surface area contributed by atoms with Crippen LogP contribution in [-0.4, -0.2) is 38.8 Å². The Labute approximate surface area is 202 Å². The first-order valence-corrected chi connectivity index (χ1v) is 11.0. The summed E-state index contributed by atoms with van der Waals surface area (Å²) in [6.45, 7) is 1.03. The third-order valence-electron chi connectivity index (χ3n) is 5.94. The van der Waals surface area contributed by atoms with Crippen LogP contribution in [0.5, 0.6) is 0 Å². The number of benzene rings is 1. The van der Waals surface area contributed by atoms with Gasteiger partial charge in [0.05, 0.1) is 17.5 Å². The Morgan fingerprint density at radius 1 is 1.14 bits per heavy atom. The molecule has 0 bridgehead atoms. The highest BCUT2D eigenvalue weighted by atomic mass is 19.4. The fourth-order valence-electron chi connectivity index (χ4n) is 4.23. The van der Waals surface area contributed by atoms with Gasteiger partial charge in [-0.25, -0.2) is 9.97 Å². The van der Waals surface area contributed by atoms with Gasteiger partial charge in [-0.2, -0.15) is 18.4 Å². The smallest absolute Gasteiger partial charge is 0.391 e. The zero-order valence-corrected chi connectivity index (χ0v) is 18.7. The predicted molar refractivity (Wildman–Crippen MR) is 127 cm³/mol. The van der Waals surface area contributed by atoms with Gasteiger partial charge in [0, 0.05) is 36.4 Å². The fourth-order valence-corrected chi connectivity index (χ4v) is 4.23. The first-order valence-electron chi connectivity index (χ1n) is 11.0. The van der Waals surface area contributed by atoms with Crippen LogP contribution >= 0.6 is 0 Å². The second-order valence-corrected chi connectivity index (χ2v) is 8.32. The molecule has 0 aliphatic carbocycles. The quantitative estimate of drug-likeness (QED) is 0.444. The number of aliphatic hydroxyl groups excluding tert-OH is 1. The number of hydrogen-bond donors (Lipinski definition) is 2. The minimum Gasteiger partial charge on any atom is -0.391 e. The molecule has 0 spiro atoms. The van der Waals surface area contributed by atoms with Crippen molar-refractivity contribution < 1.29 is 18.3 Å². The van der Waals surface area contributed by atoms with Crippen LogP contribution in [0, 0.1) is 11.3 Å². The fraction of sp³-hybridized carbons (Fsp3) is 0.200. The average Bonchev–Trinajstić information content (AvgIpc) is 3.30. The summed E-state index contributed by atoms with van der Waals surface area (Å²) in [6, 6.07) is 15.3. The van der Waals surface area contributed by atoms with Crippen molar-refractivity contribution in [1.82, 2.24) is 14.5 Å². The Balaban J connectivity index is 1.71. The van der Waals surface area contributed by atoms with Gasteiger partial charge in [0.25, 0.3) is 5.56 Å². The second-order valence-electron chi connectivity index (χ2n) is 8.32. The molecule has 11 heteroatoms. The molecular formula is C25H19F3N6O2. The molecule has 182 valence electrons. The Kier molecular flexibility index (Phi) is 5.81. The molecule has 1 atom stereocenters. The van der Waals surface area contributed by atoms with Crippen LogP contribution in [0.3, 0.4) is 0 Å². The van der Waals surface area contributed by atoms with Crippen molar-refractivity contribution >= 4 is 28.2 Å². The number of nitrogens with zero attached hydrogens (tertiary/aromatic N) is 5. The molecule has 36 heavy (non-hydrogen) atoms. The molecule has 1 aliphatic heterocycles.